The smallest absolute Gasteiger partial charge is 0.258 e. The van der Waals surface area contributed by atoms with E-state index in [1.807, 2.05) is 6.92 Å². The van der Waals surface area contributed by atoms with Gasteiger partial charge in [-0.05, 0) is 19.8 Å². The summed E-state index contributed by atoms with van der Waals surface area (Å²) < 4.78 is 1.51. The Morgan fingerprint density at radius 1 is 1.56 bits per heavy atom. The molecule has 0 saturated heterocycles. The molecule has 1 fully saturated rings. The number of hydrogen-bond acceptors (Lipinski definition) is 3. The van der Waals surface area contributed by atoms with Crippen molar-refractivity contribution in [2.24, 2.45) is 0 Å². The molecule has 0 radical (unpaired) electrons. The minimum Gasteiger partial charge on any atom is -0.258 e. The van der Waals surface area contributed by atoms with Gasteiger partial charge in [0, 0.05) is 12.5 Å². The van der Waals surface area contributed by atoms with E-state index in [0.717, 1.165) is 25.7 Å². The van der Waals surface area contributed by atoms with Crippen LogP contribution < -0.4 is 0 Å². The lowest BCUT2D eigenvalue weighted by molar-refractivity contribution is -0.385. The van der Waals surface area contributed by atoms with E-state index in [9.17, 15) is 10.1 Å². The maximum absolute atomic E-state index is 11.0. The summed E-state index contributed by atoms with van der Waals surface area (Å²) in [7, 11) is 0. The van der Waals surface area contributed by atoms with Gasteiger partial charge >= 0.3 is 5.69 Å². The lowest BCUT2D eigenvalue weighted by atomic mass is 10.0. The van der Waals surface area contributed by atoms with Crippen LogP contribution in [0.4, 0.5) is 5.69 Å². The van der Waals surface area contributed by atoms with Gasteiger partial charge in [-0.3, -0.25) is 10.1 Å². The van der Waals surface area contributed by atoms with Crippen LogP contribution in [0, 0.1) is 10.1 Å². The topological polar surface area (TPSA) is 61.0 Å². The Balaban J connectivity index is 2.46. The van der Waals surface area contributed by atoms with Gasteiger partial charge in [-0.25, -0.2) is 4.68 Å². The molecular formula is C10H14ClN3O2. The zero-order valence-corrected chi connectivity index (χ0v) is 9.90. The van der Waals surface area contributed by atoms with E-state index in [4.69, 9.17) is 11.6 Å². The molecule has 0 bridgehead atoms. The van der Waals surface area contributed by atoms with Crippen LogP contribution in [0.5, 0.6) is 0 Å². The molecule has 2 rings (SSSR count). The average molecular weight is 244 g/mol. The summed E-state index contributed by atoms with van der Waals surface area (Å²) in [6, 6.07) is 0. The van der Waals surface area contributed by atoms with Gasteiger partial charge in [0.1, 0.15) is 5.69 Å². The van der Waals surface area contributed by atoms with Gasteiger partial charge in [0.05, 0.1) is 4.92 Å². The molecule has 0 aromatic carbocycles. The first kappa shape index (κ1) is 11.4. The van der Waals surface area contributed by atoms with Crippen LogP contribution in [0.25, 0.3) is 0 Å². The molecule has 1 aliphatic rings. The molecule has 0 aliphatic heterocycles. The third-order valence-electron chi connectivity index (χ3n) is 3.12. The predicted octanol–water partition coefficient (Wildman–Crippen LogP) is 3.12. The van der Waals surface area contributed by atoms with Crippen LogP contribution in [-0.4, -0.2) is 14.7 Å². The zero-order valence-electron chi connectivity index (χ0n) is 9.15. The number of aromatic nitrogens is 2. The van der Waals surface area contributed by atoms with Crippen molar-refractivity contribution in [2.75, 3.05) is 0 Å². The van der Waals surface area contributed by atoms with Gasteiger partial charge in [-0.1, -0.05) is 24.4 Å². The molecule has 88 valence electrons. The SMILES string of the molecule is CCn1nc(C2CCCC2)c([N+](=O)[O-])c1Cl. The molecule has 0 N–H and O–H groups in total. The van der Waals surface area contributed by atoms with Crippen molar-refractivity contribution in [3.05, 3.63) is 21.0 Å². The standard InChI is InChI=1S/C10H14ClN3O2/c1-2-13-10(11)9(14(15)16)8(12-13)7-5-3-4-6-7/h7H,2-6H2,1H3. The minimum atomic E-state index is -0.408. The van der Waals surface area contributed by atoms with Crippen LogP contribution in [0.1, 0.15) is 44.2 Å². The Morgan fingerprint density at radius 2 is 2.19 bits per heavy atom. The number of rotatable bonds is 3. The number of nitro groups is 1. The Kier molecular flexibility index (Phi) is 3.14. The lowest BCUT2D eigenvalue weighted by Gasteiger charge is -2.03. The second kappa shape index (κ2) is 4.41. The number of aryl methyl sites for hydroxylation is 1. The summed E-state index contributed by atoms with van der Waals surface area (Å²) in [6.07, 6.45) is 4.21. The van der Waals surface area contributed by atoms with E-state index in [0.29, 0.717) is 12.2 Å². The third-order valence-corrected chi connectivity index (χ3v) is 3.49. The van der Waals surface area contributed by atoms with E-state index in [1.54, 1.807) is 0 Å². The highest BCUT2D eigenvalue weighted by Crippen LogP contribution is 2.40. The third kappa shape index (κ3) is 1.80. The molecule has 0 atom stereocenters. The quantitative estimate of drug-likeness (QED) is 0.605. The molecule has 0 spiro atoms. The summed E-state index contributed by atoms with van der Waals surface area (Å²) in [5, 5.41) is 15.4. The van der Waals surface area contributed by atoms with E-state index in [-0.39, 0.29) is 16.8 Å². The molecule has 0 unspecified atom stereocenters. The minimum absolute atomic E-state index is 0.00965. The zero-order chi connectivity index (χ0) is 11.7. The summed E-state index contributed by atoms with van der Waals surface area (Å²) in [4.78, 5) is 10.6. The first-order valence-corrected chi connectivity index (χ1v) is 5.93. The molecular weight excluding hydrogens is 230 g/mol. The Hall–Kier alpha value is -1.10. The first-order valence-electron chi connectivity index (χ1n) is 5.55. The molecule has 1 heterocycles. The van der Waals surface area contributed by atoms with E-state index in [2.05, 4.69) is 5.10 Å². The highest BCUT2D eigenvalue weighted by molar-refractivity contribution is 6.31. The predicted molar refractivity (Wildman–Crippen MR) is 60.8 cm³/mol. The molecule has 1 aromatic heterocycles. The Bertz CT molecular complexity index is 410. The van der Waals surface area contributed by atoms with Crippen molar-refractivity contribution < 1.29 is 4.92 Å². The van der Waals surface area contributed by atoms with Crippen molar-refractivity contribution in [2.45, 2.75) is 45.1 Å². The Labute approximate surface area is 98.5 Å². The highest BCUT2D eigenvalue weighted by Gasteiger charge is 2.32. The van der Waals surface area contributed by atoms with E-state index in [1.165, 1.54) is 4.68 Å². The van der Waals surface area contributed by atoms with Gasteiger partial charge in [0.25, 0.3) is 0 Å². The molecule has 16 heavy (non-hydrogen) atoms. The average Bonchev–Trinajstić information content (AvgIpc) is 2.83. The first-order chi connectivity index (χ1) is 7.65. The summed E-state index contributed by atoms with van der Waals surface area (Å²) in [5.41, 5.74) is 0.588. The molecule has 6 heteroatoms. The van der Waals surface area contributed by atoms with Crippen LogP contribution in [0.2, 0.25) is 5.15 Å². The largest absolute Gasteiger partial charge is 0.329 e. The van der Waals surface area contributed by atoms with Crippen LogP contribution in [0.15, 0.2) is 0 Å². The number of halogens is 1. The van der Waals surface area contributed by atoms with Gasteiger partial charge in [0.2, 0.25) is 5.15 Å². The molecule has 0 amide bonds. The second-order valence-electron chi connectivity index (χ2n) is 4.08. The van der Waals surface area contributed by atoms with Crippen molar-refractivity contribution in [3.63, 3.8) is 0 Å². The highest BCUT2D eigenvalue weighted by atomic mass is 35.5. The van der Waals surface area contributed by atoms with Gasteiger partial charge < -0.3 is 0 Å². The summed E-state index contributed by atoms with van der Waals surface area (Å²) in [5.74, 6) is 0.214. The molecule has 5 nitrogen and oxygen atoms in total. The van der Waals surface area contributed by atoms with E-state index >= 15 is 0 Å². The van der Waals surface area contributed by atoms with Crippen molar-refractivity contribution in [3.8, 4) is 0 Å². The molecule has 1 saturated carbocycles. The van der Waals surface area contributed by atoms with Crippen LogP contribution in [0.3, 0.4) is 0 Å². The second-order valence-corrected chi connectivity index (χ2v) is 4.44. The van der Waals surface area contributed by atoms with Crippen LogP contribution >= 0.6 is 11.6 Å². The summed E-state index contributed by atoms with van der Waals surface area (Å²) >= 11 is 5.96. The van der Waals surface area contributed by atoms with Gasteiger partial charge in [-0.15, -0.1) is 0 Å². The van der Waals surface area contributed by atoms with Crippen molar-refractivity contribution in [1.82, 2.24) is 9.78 Å². The fourth-order valence-electron chi connectivity index (χ4n) is 2.30. The van der Waals surface area contributed by atoms with Crippen molar-refractivity contribution >= 4 is 17.3 Å². The van der Waals surface area contributed by atoms with E-state index < -0.39 is 4.92 Å². The number of hydrogen-bond donors (Lipinski definition) is 0. The molecule has 1 aliphatic carbocycles. The van der Waals surface area contributed by atoms with Crippen molar-refractivity contribution in [1.29, 1.82) is 0 Å². The van der Waals surface area contributed by atoms with Gasteiger partial charge in [-0.2, -0.15) is 5.10 Å². The monoisotopic (exact) mass is 243 g/mol. The van der Waals surface area contributed by atoms with Gasteiger partial charge in [0.15, 0.2) is 0 Å². The maximum Gasteiger partial charge on any atom is 0.329 e. The lowest BCUT2D eigenvalue weighted by Crippen LogP contribution is -2.00. The summed E-state index contributed by atoms with van der Waals surface area (Å²) in [6.45, 7) is 2.44. The molecule has 1 aromatic rings. The van der Waals surface area contributed by atoms with Crippen LogP contribution in [-0.2, 0) is 6.54 Å². The fourth-order valence-corrected chi connectivity index (χ4v) is 2.63. The Morgan fingerprint density at radius 3 is 2.69 bits per heavy atom. The maximum atomic E-state index is 11.0. The fraction of sp³-hybridized carbons (Fsp3) is 0.700. The number of nitrogens with zero attached hydrogens (tertiary/aromatic N) is 3. The normalized spacial score (nSPS) is 16.9.